The summed E-state index contributed by atoms with van der Waals surface area (Å²) in [6, 6.07) is 8.23. The highest BCUT2D eigenvalue weighted by Gasteiger charge is 2.29. The average molecular weight is 225 g/mol. The van der Waals surface area contributed by atoms with E-state index >= 15 is 0 Å². The van der Waals surface area contributed by atoms with Crippen molar-refractivity contribution < 1.29 is 4.79 Å². The highest BCUT2D eigenvalue weighted by molar-refractivity contribution is 6.07. The molecule has 2 heteroatoms. The second-order valence-electron chi connectivity index (χ2n) is 4.87. The molecule has 0 amide bonds. The molecule has 0 N–H and O–H groups in total. The van der Waals surface area contributed by atoms with Crippen LogP contribution in [-0.4, -0.2) is 10.4 Å². The standard InChI is InChI=1S/C15H15NO/c1-10-8-11-4-3-5-13(14(11)15(10)17)12-6-7-16(2)9-12/h3-7,9-10H,8H2,1-2H3. The molecule has 1 aliphatic rings. The van der Waals surface area contributed by atoms with Crippen LogP contribution in [0, 0.1) is 5.92 Å². The lowest BCUT2D eigenvalue weighted by molar-refractivity contribution is 0.0947. The number of aromatic nitrogens is 1. The van der Waals surface area contributed by atoms with E-state index < -0.39 is 0 Å². The van der Waals surface area contributed by atoms with Crippen molar-refractivity contribution in [1.29, 1.82) is 0 Å². The maximum absolute atomic E-state index is 12.2. The van der Waals surface area contributed by atoms with E-state index in [1.807, 2.05) is 36.9 Å². The minimum absolute atomic E-state index is 0.134. The summed E-state index contributed by atoms with van der Waals surface area (Å²) in [5, 5.41) is 0. The zero-order valence-corrected chi connectivity index (χ0v) is 10.1. The van der Waals surface area contributed by atoms with Gasteiger partial charge < -0.3 is 4.57 Å². The third kappa shape index (κ3) is 1.52. The molecule has 1 unspecified atom stereocenters. The molecule has 1 aromatic carbocycles. The molecule has 0 spiro atoms. The van der Waals surface area contributed by atoms with Gasteiger partial charge in [0.15, 0.2) is 5.78 Å². The van der Waals surface area contributed by atoms with Gasteiger partial charge >= 0.3 is 0 Å². The van der Waals surface area contributed by atoms with Gasteiger partial charge in [0, 0.05) is 36.5 Å². The van der Waals surface area contributed by atoms with E-state index in [-0.39, 0.29) is 5.92 Å². The Kier molecular flexibility index (Phi) is 2.18. The highest BCUT2D eigenvalue weighted by Crippen LogP contribution is 2.34. The number of aryl methyl sites for hydroxylation is 1. The quantitative estimate of drug-likeness (QED) is 0.731. The Balaban J connectivity index is 2.20. The molecule has 2 aromatic rings. The van der Waals surface area contributed by atoms with E-state index in [0.29, 0.717) is 5.78 Å². The van der Waals surface area contributed by atoms with Crippen molar-refractivity contribution >= 4 is 5.78 Å². The molecule has 1 atom stereocenters. The number of benzene rings is 1. The van der Waals surface area contributed by atoms with Crippen LogP contribution in [0.15, 0.2) is 36.7 Å². The zero-order valence-electron chi connectivity index (χ0n) is 10.1. The predicted molar refractivity (Wildman–Crippen MR) is 68.0 cm³/mol. The summed E-state index contributed by atoms with van der Waals surface area (Å²) in [5.41, 5.74) is 4.35. The lowest BCUT2D eigenvalue weighted by Gasteiger charge is -2.05. The minimum Gasteiger partial charge on any atom is -0.357 e. The third-order valence-electron chi connectivity index (χ3n) is 3.51. The maximum Gasteiger partial charge on any atom is 0.166 e. The Morgan fingerprint density at radius 1 is 1.29 bits per heavy atom. The number of hydrogen-bond donors (Lipinski definition) is 0. The largest absolute Gasteiger partial charge is 0.357 e. The fraction of sp³-hybridized carbons (Fsp3) is 0.267. The first kappa shape index (κ1) is 10.3. The van der Waals surface area contributed by atoms with Gasteiger partial charge in [-0.25, -0.2) is 0 Å². The van der Waals surface area contributed by atoms with Gasteiger partial charge in [-0.15, -0.1) is 0 Å². The lowest BCUT2D eigenvalue weighted by Crippen LogP contribution is -2.04. The van der Waals surface area contributed by atoms with Crippen molar-refractivity contribution in [2.45, 2.75) is 13.3 Å². The van der Waals surface area contributed by atoms with Gasteiger partial charge in [-0.05, 0) is 23.6 Å². The second kappa shape index (κ2) is 3.59. The van der Waals surface area contributed by atoms with Gasteiger partial charge in [-0.3, -0.25) is 4.79 Å². The van der Waals surface area contributed by atoms with Crippen LogP contribution >= 0.6 is 0 Å². The van der Waals surface area contributed by atoms with E-state index in [2.05, 4.69) is 18.3 Å². The average Bonchev–Trinajstić information content (AvgIpc) is 2.85. The van der Waals surface area contributed by atoms with Crippen LogP contribution in [0.5, 0.6) is 0 Å². The van der Waals surface area contributed by atoms with Gasteiger partial charge in [-0.2, -0.15) is 0 Å². The van der Waals surface area contributed by atoms with Crippen molar-refractivity contribution in [3.63, 3.8) is 0 Å². The number of Topliss-reactive ketones (excluding diaryl/α,β-unsaturated/α-hetero) is 1. The summed E-state index contributed by atoms with van der Waals surface area (Å²) < 4.78 is 2.01. The topological polar surface area (TPSA) is 22.0 Å². The first-order valence-corrected chi connectivity index (χ1v) is 5.95. The Morgan fingerprint density at radius 3 is 2.82 bits per heavy atom. The summed E-state index contributed by atoms with van der Waals surface area (Å²) in [4.78, 5) is 12.2. The molecule has 0 radical (unpaired) electrons. The molecule has 1 aliphatic carbocycles. The Hall–Kier alpha value is -1.83. The predicted octanol–water partition coefficient (Wildman–Crippen LogP) is 3.07. The third-order valence-corrected chi connectivity index (χ3v) is 3.51. The van der Waals surface area contributed by atoms with E-state index in [1.54, 1.807) is 0 Å². The van der Waals surface area contributed by atoms with E-state index in [1.165, 1.54) is 5.56 Å². The van der Waals surface area contributed by atoms with Crippen LogP contribution < -0.4 is 0 Å². The molecule has 1 heterocycles. The SMILES string of the molecule is CC1Cc2cccc(-c3ccn(C)c3)c2C1=O. The highest BCUT2D eigenvalue weighted by atomic mass is 16.1. The molecule has 0 aliphatic heterocycles. The first-order chi connectivity index (χ1) is 8.16. The molecular formula is C15H15NO. The lowest BCUT2D eigenvalue weighted by atomic mass is 9.98. The molecule has 86 valence electrons. The minimum atomic E-state index is 0.134. The van der Waals surface area contributed by atoms with Crippen LogP contribution in [0.3, 0.4) is 0 Å². The summed E-state index contributed by atoms with van der Waals surface area (Å²) in [5.74, 6) is 0.425. The van der Waals surface area contributed by atoms with Gasteiger partial charge in [0.25, 0.3) is 0 Å². The van der Waals surface area contributed by atoms with Crippen molar-refractivity contribution in [2.75, 3.05) is 0 Å². The Morgan fingerprint density at radius 2 is 2.12 bits per heavy atom. The molecule has 0 saturated carbocycles. The van der Waals surface area contributed by atoms with Gasteiger partial charge in [0.2, 0.25) is 0 Å². The van der Waals surface area contributed by atoms with Crippen molar-refractivity contribution in [2.24, 2.45) is 13.0 Å². The van der Waals surface area contributed by atoms with Crippen molar-refractivity contribution in [1.82, 2.24) is 4.57 Å². The zero-order chi connectivity index (χ0) is 12.0. The van der Waals surface area contributed by atoms with Gasteiger partial charge in [0.1, 0.15) is 0 Å². The molecule has 3 rings (SSSR count). The van der Waals surface area contributed by atoms with Crippen LogP contribution in [0.4, 0.5) is 0 Å². The van der Waals surface area contributed by atoms with E-state index in [4.69, 9.17) is 0 Å². The molecule has 0 bridgehead atoms. The summed E-state index contributed by atoms with van der Waals surface area (Å²) >= 11 is 0. The molecule has 2 nitrogen and oxygen atoms in total. The van der Waals surface area contributed by atoms with Crippen LogP contribution in [0.1, 0.15) is 22.8 Å². The number of carbonyl (C=O) groups is 1. The number of hydrogen-bond acceptors (Lipinski definition) is 1. The van der Waals surface area contributed by atoms with E-state index in [0.717, 1.165) is 23.1 Å². The fourth-order valence-corrected chi connectivity index (χ4v) is 2.63. The molecule has 0 saturated heterocycles. The van der Waals surface area contributed by atoms with Gasteiger partial charge in [-0.1, -0.05) is 25.1 Å². The van der Waals surface area contributed by atoms with Crippen LogP contribution in [0.2, 0.25) is 0 Å². The Labute approximate surface area is 101 Å². The number of nitrogens with zero attached hydrogens (tertiary/aromatic N) is 1. The normalized spacial score (nSPS) is 18.5. The van der Waals surface area contributed by atoms with Gasteiger partial charge in [0.05, 0.1) is 0 Å². The van der Waals surface area contributed by atoms with Crippen LogP contribution in [0.25, 0.3) is 11.1 Å². The number of rotatable bonds is 1. The first-order valence-electron chi connectivity index (χ1n) is 5.95. The molecular weight excluding hydrogens is 210 g/mol. The number of ketones is 1. The summed E-state index contributed by atoms with van der Waals surface area (Å²) in [6.07, 6.45) is 4.96. The smallest absolute Gasteiger partial charge is 0.166 e. The fourth-order valence-electron chi connectivity index (χ4n) is 2.63. The maximum atomic E-state index is 12.2. The van der Waals surface area contributed by atoms with Crippen LogP contribution in [-0.2, 0) is 13.5 Å². The molecule has 1 aromatic heterocycles. The molecule has 0 fully saturated rings. The summed E-state index contributed by atoms with van der Waals surface area (Å²) in [7, 11) is 2.00. The number of carbonyl (C=O) groups excluding carboxylic acids is 1. The number of fused-ring (bicyclic) bond motifs is 1. The van der Waals surface area contributed by atoms with Crippen molar-refractivity contribution in [3.05, 3.63) is 47.8 Å². The van der Waals surface area contributed by atoms with Crippen molar-refractivity contribution in [3.8, 4) is 11.1 Å². The Bertz CT molecular complexity index is 595. The monoisotopic (exact) mass is 225 g/mol. The second-order valence-corrected chi connectivity index (χ2v) is 4.87. The molecule has 17 heavy (non-hydrogen) atoms. The van der Waals surface area contributed by atoms with E-state index in [9.17, 15) is 4.79 Å². The summed E-state index contributed by atoms with van der Waals surface area (Å²) in [6.45, 7) is 2.01.